The van der Waals surface area contributed by atoms with E-state index in [0.717, 1.165) is 0 Å². The Morgan fingerprint density at radius 2 is 0.769 bits per heavy atom. The van der Waals surface area contributed by atoms with Gasteiger partial charge in [-0.25, -0.2) is 0 Å². The summed E-state index contributed by atoms with van der Waals surface area (Å²) in [5.41, 5.74) is 0. The number of hydrogen-bond acceptors (Lipinski definition) is 8. The van der Waals surface area contributed by atoms with Crippen LogP contribution in [0.25, 0.3) is 0 Å². The van der Waals surface area contributed by atoms with Crippen molar-refractivity contribution in [1.29, 1.82) is 0 Å². The standard InChI is InChI=1S/C18H20O8/c19-11-2-1-5-13(21)14(22)6-3-7-15(23)17(25)9-10-18(26)16(24)8-4-12-20/h1-10H2. The highest BCUT2D eigenvalue weighted by Gasteiger charge is 2.20. The van der Waals surface area contributed by atoms with Crippen LogP contribution in [-0.2, 0) is 38.4 Å². The Kier molecular flexibility index (Phi) is 12.2. The molecule has 0 saturated carbocycles. The number of rotatable bonds is 17. The molecule has 0 rings (SSSR count). The fraction of sp³-hybridized carbons (Fsp3) is 0.556. The number of carbonyl (C=O) groups is 6. The largest absolute Gasteiger partial charge is 0.291 e. The Hall–Kier alpha value is -2.64. The molecule has 8 heteroatoms. The summed E-state index contributed by atoms with van der Waals surface area (Å²) in [4.78, 5) is 88.8. The highest BCUT2D eigenvalue weighted by atomic mass is 16.2. The van der Waals surface area contributed by atoms with Gasteiger partial charge >= 0.3 is 0 Å². The molecular weight excluding hydrogens is 344 g/mol. The predicted octanol–water partition coefficient (Wildman–Crippen LogP) is 0.521. The van der Waals surface area contributed by atoms with Crippen molar-refractivity contribution in [2.45, 2.75) is 64.2 Å². The van der Waals surface area contributed by atoms with Gasteiger partial charge < -0.3 is 0 Å². The second-order valence-corrected chi connectivity index (χ2v) is 5.53. The molecule has 0 amide bonds. The predicted molar refractivity (Wildman–Crippen MR) is 87.6 cm³/mol. The van der Waals surface area contributed by atoms with E-state index in [0.29, 0.717) is 0 Å². The Morgan fingerprint density at radius 1 is 0.423 bits per heavy atom. The topological polar surface area (TPSA) is 137 Å². The lowest BCUT2D eigenvalue weighted by Gasteiger charge is -2.01. The smallest absolute Gasteiger partial charge is 0.198 e. The van der Waals surface area contributed by atoms with Gasteiger partial charge in [-0.1, -0.05) is 0 Å². The Labute approximate surface area is 150 Å². The van der Waals surface area contributed by atoms with Crippen LogP contribution < -0.4 is 0 Å². The number of ketones is 6. The molecule has 8 nitrogen and oxygen atoms in total. The molecule has 140 valence electrons. The van der Waals surface area contributed by atoms with Crippen LogP contribution in [0.3, 0.4) is 0 Å². The molecule has 0 N–H and O–H groups in total. The van der Waals surface area contributed by atoms with Gasteiger partial charge in [-0.05, 0) is 12.8 Å². The summed E-state index contributed by atoms with van der Waals surface area (Å²) >= 11 is 0. The third-order valence-electron chi connectivity index (χ3n) is 3.46. The maximum atomic E-state index is 11.6. The van der Waals surface area contributed by atoms with Crippen molar-refractivity contribution in [3.05, 3.63) is 0 Å². The van der Waals surface area contributed by atoms with Crippen LogP contribution in [0.15, 0.2) is 0 Å². The molecule has 26 heavy (non-hydrogen) atoms. The fourth-order valence-corrected chi connectivity index (χ4v) is 1.96. The van der Waals surface area contributed by atoms with E-state index < -0.39 is 47.5 Å². The molecule has 0 aliphatic heterocycles. The van der Waals surface area contributed by atoms with E-state index in [2.05, 4.69) is 0 Å². The van der Waals surface area contributed by atoms with Crippen LogP contribution in [0.4, 0.5) is 0 Å². The molecule has 0 fully saturated rings. The zero-order valence-electron chi connectivity index (χ0n) is 14.3. The van der Waals surface area contributed by atoms with Gasteiger partial charge in [-0.2, -0.15) is 0 Å². The van der Waals surface area contributed by atoms with Gasteiger partial charge in [-0.3, -0.25) is 38.4 Å². The third kappa shape index (κ3) is 10.3. The average Bonchev–Trinajstić information content (AvgIpc) is 2.63. The fourth-order valence-electron chi connectivity index (χ4n) is 1.96. The summed E-state index contributed by atoms with van der Waals surface area (Å²) in [5.74, 6) is -4.50. The summed E-state index contributed by atoms with van der Waals surface area (Å²) in [6.07, 6.45) is 1.66. The number of unbranched alkanes of at least 4 members (excludes halogenated alkanes) is 1. The molecule has 0 atom stereocenters. The number of hydrogen-bond donors (Lipinski definition) is 0. The monoisotopic (exact) mass is 364 g/mol. The van der Waals surface area contributed by atoms with Crippen molar-refractivity contribution in [2.75, 3.05) is 0 Å². The lowest BCUT2D eigenvalue weighted by atomic mass is 10.0. The zero-order valence-corrected chi connectivity index (χ0v) is 14.3. The van der Waals surface area contributed by atoms with E-state index in [1.807, 2.05) is 0 Å². The SMILES string of the molecule is O=[C]CCCC(=O)C(=O)CCCC(=O)C(=O)CCC(=O)C(=O)CC[C]=O. The summed E-state index contributed by atoms with van der Waals surface area (Å²) in [6, 6.07) is 0. The van der Waals surface area contributed by atoms with Crippen molar-refractivity contribution < 1.29 is 38.4 Å². The molecule has 0 aromatic heterocycles. The Bertz CT molecular complexity index is 588. The summed E-state index contributed by atoms with van der Waals surface area (Å²) in [7, 11) is 0. The van der Waals surface area contributed by atoms with Crippen LogP contribution in [0, 0.1) is 0 Å². The van der Waals surface area contributed by atoms with E-state index in [1.54, 1.807) is 6.29 Å². The lowest BCUT2D eigenvalue weighted by Crippen LogP contribution is -2.19. The Balaban J connectivity index is 4.07. The van der Waals surface area contributed by atoms with Crippen molar-refractivity contribution in [3.8, 4) is 0 Å². The normalized spacial score (nSPS) is 10.0. The first-order chi connectivity index (χ1) is 12.3. The summed E-state index contributed by atoms with van der Waals surface area (Å²) in [6.45, 7) is 0. The van der Waals surface area contributed by atoms with Crippen LogP contribution in [-0.4, -0.2) is 47.3 Å². The van der Waals surface area contributed by atoms with Gasteiger partial charge in [-0.15, -0.1) is 0 Å². The highest BCUT2D eigenvalue weighted by molar-refractivity contribution is 6.41. The minimum Gasteiger partial charge on any atom is -0.291 e. The van der Waals surface area contributed by atoms with Gasteiger partial charge in [0.25, 0.3) is 0 Å². The van der Waals surface area contributed by atoms with Crippen LogP contribution >= 0.6 is 0 Å². The van der Waals surface area contributed by atoms with Crippen molar-refractivity contribution in [1.82, 2.24) is 0 Å². The van der Waals surface area contributed by atoms with E-state index in [-0.39, 0.29) is 51.4 Å². The third-order valence-corrected chi connectivity index (χ3v) is 3.46. The molecule has 0 aliphatic rings. The van der Waals surface area contributed by atoms with Crippen LogP contribution in [0.5, 0.6) is 0 Å². The van der Waals surface area contributed by atoms with E-state index in [4.69, 9.17) is 0 Å². The van der Waals surface area contributed by atoms with E-state index in [1.165, 1.54) is 6.29 Å². The molecule has 0 heterocycles. The van der Waals surface area contributed by atoms with Gasteiger partial charge in [0.15, 0.2) is 47.3 Å². The van der Waals surface area contributed by atoms with Crippen molar-refractivity contribution >= 4 is 47.3 Å². The zero-order chi connectivity index (χ0) is 19.9. The quantitative estimate of drug-likeness (QED) is 0.269. The minimum absolute atomic E-state index is 0.0248. The van der Waals surface area contributed by atoms with Gasteiger partial charge in [0.2, 0.25) is 0 Å². The maximum absolute atomic E-state index is 11.6. The summed E-state index contributed by atoms with van der Waals surface area (Å²) in [5, 5.41) is 0. The molecule has 0 spiro atoms. The second kappa shape index (κ2) is 13.6. The van der Waals surface area contributed by atoms with Gasteiger partial charge in [0.05, 0.1) is 0 Å². The molecule has 2 radical (unpaired) electrons. The average molecular weight is 364 g/mol. The lowest BCUT2D eigenvalue weighted by molar-refractivity contribution is -0.139. The second-order valence-electron chi connectivity index (χ2n) is 5.53. The van der Waals surface area contributed by atoms with E-state index >= 15 is 0 Å². The first-order valence-electron chi connectivity index (χ1n) is 8.21. The molecule has 0 aromatic rings. The number of carbonyl (C=O) groups excluding carboxylic acids is 8. The maximum Gasteiger partial charge on any atom is 0.198 e. The van der Waals surface area contributed by atoms with Gasteiger partial charge in [0.1, 0.15) is 0 Å². The highest BCUT2D eigenvalue weighted by Crippen LogP contribution is 2.05. The molecule has 0 unspecified atom stereocenters. The molecule has 0 aliphatic carbocycles. The van der Waals surface area contributed by atoms with Gasteiger partial charge in [0, 0.05) is 51.4 Å². The van der Waals surface area contributed by atoms with Crippen LogP contribution in [0.2, 0.25) is 0 Å². The first kappa shape index (κ1) is 23.4. The molecule has 0 aromatic carbocycles. The molecular formula is C18H20O8. The Morgan fingerprint density at radius 3 is 1.19 bits per heavy atom. The molecule has 0 bridgehead atoms. The van der Waals surface area contributed by atoms with Crippen molar-refractivity contribution in [2.24, 2.45) is 0 Å². The first-order valence-corrected chi connectivity index (χ1v) is 8.21. The summed E-state index contributed by atoms with van der Waals surface area (Å²) < 4.78 is 0. The minimum atomic E-state index is -0.826. The molecule has 0 saturated heterocycles. The van der Waals surface area contributed by atoms with Crippen LogP contribution in [0.1, 0.15) is 64.2 Å². The van der Waals surface area contributed by atoms with E-state index in [9.17, 15) is 38.4 Å². The number of Topliss-reactive ketones (excluding diaryl/α,β-unsaturated/α-hetero) is 6. The van der Waals surface area contributed by atoms with Crippen molar-refractivity contribution in [3.63, 3.8) is 0 Å².